The molecule has 2 amide bonds. The molecule has 29 heavy (non-hydrogen) atoms. The molecule has 7 heteroatoms. The largest absolute Gasteiger partial charge is 0.496 e. The average Bonchev–Trinajstić information content (AvgIpc) is 2.70. The van der Waals surface area contributed by atoms with Gasteiger partial charge in [0.15, 0.2) is 5.78 Å². The van der Waals surface area contributed by atoms with Crippen LogP contribution >= 0.6 is 0 Å². The number of nitrogens with one attached hydrogen (secondary N) is 2. The van der Waals surface area contributed by atoms with Gasteiger partial charge in [0, 0.05) is 23.7 Å². The molecule has 7 nitrogen and oxygen atoms in total. The lowest BCUT2D eigenvalue weighted by molar-refractivity contribution is 0.0470. The van der Waals surface area contributed by atoms with Crippen LogP contribution in [0.15, 0.2) is 42.5 Å². The van der Waals surface area contributed by atoms with Crippen molar-refractivity contribution < 1.29 is 23.9 Å². The molecule has 0 saturated heterocycles. The summed E-state index contributed by atoms with van der Waals surface area (Å²) in [6.07, 6.45) is 0. The van der Waals surface area contributed by atoms with E-state index >= 15 is 0 Å². The van der Waals surface area contributed by atoms with Crippen molar-refractivity contribution in [3.63, 3.8) is 0 Å². The number of carbonyl (C=O) groups is 3. The van der Waals surface area contributed by atoms with Crippen molar-refractivity contribution in [2.45, 2.75) is 40.0 Å². The van der Waals surface area contributed by atoms with E-state index in [0.717, 1.165) is 5.56 Å². The fourth-order valence-electron chi connectivity index (χ4n) is 2.59. The molecule has 0 aliphatic carbocycles. The van der Waals surface area contributed by atoms with E-state index in [9.17, 15) is 14.4 Å². The maximum Gasteiger partial charge on any atom is 0.338 e. The van der Waals surface area contributed by atoms with Gasteiger partial charge in [-0.1, -0.05) is 12.1 Å². The number of amides is 2. The molecule has 0 unspecified atom stereocenters. The van der Waals surface area contributed by atoms with Crippen LogP contribution in [-0.2, 0) is 17.9 Å². The van der Waals surface area contributed by atoms with Crippen molar-refractivity contribution in [1.29, 1.82) is 0 Å². The van der Waals surface area contributed by atoms with Crippen LogP contribution in [-0.4, -0.2) is 30.9 Å². The summed E-state index contributed by atoms with van der Waals surface area (Å²) < 4.78 is 10.6. The summed E-state index contributed by atoms with van der Waals surface area (Å²) in [4.78, 5) is 35.5. The first-order valence-corrected chi connectivity index (χ1v) is 9.28. The van der Waals surface area contributed by atoms with Crippen molar-refractivity contribution in [2.24, 2.45) is 0 Å². The molecular weight excluding hydrogens is 372 g/mol. The molecule has 0 aliphatic heterocycles. The van der Waals surface area contributed by atoms with Crippen LogP contribution in [0.4, 0.5) is 4.79 Å². The van der Waals surface area contributed by atoms with E-state index in [1.54, 1.807) is 42.5 Å². The highest BCUT2D eigenvalue weighted by molar-refractivity contribution is 5.94. The molecule has 0 saturated carbocycles. The second kappa shape index (κ2) is 10.3. The number of carbonyl (C=O) groups excluding carboxylic acids is 3. The van der Waals surface area contributed by atoms with E-state index in [2.05, 4.69) is 10.6 Å². The summed E-state index contributed by atoms with van der Waals surface area (Å²) in [6, 6.07) is 11.6. The zero-order chi connectivity index (χ0) is 21.4. The van der Waals surface area contributed by atoms with Crippen LogP contribution in [0.3, 0.4) is 0 Å². The Labute approximate surface area is 170 Å². The van der Waals surface area contributed by atoms with Gasteiger partial charge in [0.25, 0.3) is 0 Å². The van der Waals surface area contributed by atoms with Crippen LogP contribution in [0.25, 0.3) is 0 Å². The minimum absolute atomic E-state index is 0.0121. The van der Waals surface area contributed by atoms with Crippen molar-refractivity contribution in [3.05, 3.63) is 64.7 Å². The van der Waals surface area contributed by atoms with E-state index in [4.69, 9.17) is 9.47 Å². The second-order valence-electron chi connectivity index (χ2n) is 6.84. The fraction of sp³-hybridized carbons (Fsp3) is 0.318. The molecule has 0 spiro atoms. The second-order valence-corrected chi connectivity index (χ2v) is 6.84. The highest BCUT2D eigenvalue weighted by Crippen LogP contribution is 2.21. The third-order valence-electron chi connectivity index (χ3n) is 4.11. The standard InChI is InChI=1S/C22H26N2O5/c1-14(2)24-22(27)23-12-16-5-7-17(8-6-16)21(26)29-13-19-11-18(15(3)25)9-10-20(19)28-4/h5-11,14H,12-13H2,1-4H3,(H2,23,24,27). The van der Waals surface area contributed by atoms with Gasteiger partial charge in [-0.15, -0.1) is 0 Å². The summed E-state index contributed by atoms with van der Waals surface area (Å²) >= 11 is 0. The number of benzene rings is 2. The minimum Gasteiger partial charge on any atom is -0.496 e. The predicted molar refractivity (Wildman–Crippen MR) is 109 cm³/mol. The number of urea groups is 1. The quantitative estimate of drug-likeness (QED) is 0.525. The molecule has 2 N–H and O–H groups in total. The zero-order valence-electron chi connectivity index (χ0n) is 17.1. The minimum atomic E-state index is -0.489. The van der Waals surface area contributed by atoms with Crippen LogP contribution in [0.5, 0.6) is 5.75 Å². The lowest BCUT2D eigenvalue weighted by Gasteiger charge is -2.11. The Morgan fingerprint density at radius 1 is 1.00 bits per heavy atom. The molecule has 0 fully saturated rings. The summed E-state index contributed by atoms with van der Waals surface area (Å²) in [6.45, 7) is 5.57. The first kappa shape index (κ1) is 21.9. The first-order chi connectivity index (χ1) is 13.8. The van der Waals surface area contributed by atoms with Gasteiger partial charge in [-0.05, 0) is 56.7 Å². The Morgan fingerprint density at radius 3 is 2.24 bits per heavy atom. The molecule has 0 aromatic heterocycles. The first-order valence-electron chi connectivity index (χ1n) is 9.28. The Morgan fingerprint density at radius 2 is 1.66 bits per heavy atom. The average molecular weight is 398 g/mol. The van der Waals surface area contributed by atoms with Crippen LogP contribution in [0.2, 0.25) is 0 Å². The molecule has 2 aromatic rings. The SMILES string of the molecule is COc1ccc(C(C)=O)cc1COC(=O)c1ccc(CNC(=O)NC(C)C)cc1. The van der Waals surface area contributed by atoms with Gasteiger partial charge in [-0.3, -0.25) is 4.79 Å². The van der Waals surface area contributed by atoms with Gasteiger partial charge in [0.1, 0.15) is 12.4 Å². The highest BCUT2D eigenvalue weighted by atomic mass is 16.5. The van der Waals surface area contributed by atoms with Crippen LogP contribution < -0.4 is 15.4 Å². The lowest BCUT2D eigenvalue weighted by atomic mass is 10.1. The number of ketones is 1. The third-order valence-corrected chi connectivity index (χ3v) is 4.11. The molecule has 154 valence electrons. The number of Topliss-reactive ketones (excluding diaryl/α,β-unsaturated/α-hetero) is 1. The van der Waals surface area contributed by atoms with E-state index in [-0.39, 0.29) is 24.5 Å². The summed E-state index contributed by atoms with van der Waals surface area (Å²) in [5.41, 5.74) is 2.39. The third kappa shape index (κ3) is 6.64. The zero-order valence-corrected chi connectivity index (χ0v) is 17.1. The molecule has 0 radical (unpaired) electrons. The van der Waals surface area contributed by atoms with E-state index in [1.165, 1.54) is 14.0 Å². The van der Waals surface area contributed by atoms with Crippen molar-refractivity contribution >= 4 is 17.8 Å². The molecule has 0 atom stereocenters. The normalized spacial score (nSPS) is 10.4. The monoisotopic (exact) mass is 398 g/mol. The topological polar surface area (TPSA) is 93.7 Å². The summed E-state index contributed by atoms with van der Waals surface area (Å²) in [5.74, 6) is -0.0206. The van der Waals surface area contributed by atoms with Gasteiger partial charge >= 0.3 is 12.0 Å². The lowest BCUT2D eigenvalue weighted by Crippen LogP contribution is -2.39. The van der Waals surface area contributed by atoms with Crippen molar-refractivity contribution in [3.8, 4) is 5.75 Å². The van der Waals surface area contributed by atoms with E-state index in [1.807, 2.05) is 13.8 Å². The van der Waals surface area contributed by atoms with Crippen molar-refractivity contribution in [1.82, 2.24) is 10.6 Å². The Kier molecular flexibility index (Phi) is 7.77. The number of ether oxygens (including phenoxy) is 2. The molecular formula is C22H26N2O5. The molecule has 2 rings (SSSR count). The summed E-state index contributed by atoms with van der Waals surface area (Å²) in [7, 11) is 1.52. The highest BCUT2D eigenvalue weighted by Gasteiger charge is 2.12. The van der Waals surface area contributed by atoms with Gasteiger partial charge in [0.05, 0.1) is 12.7 Å². The van der Waals surface area contributed by atoms with Crippen LogP contribution in [0, 0.1) is 0 Å². The molecule has 2 aromatic carbocycles. The number of hydrogen-bond donors (Lipinski definition) is 2. The fourth-order valence-corrected chi connectivity index (χ4v) is 2.59. The van der Waals surface area contributed by atoms with Crippen LogP contribution in [0.1, 0.15) is 52.6 Å². The summed E-state index contributed by atoms with van der Waals surface area (Å²) in [5, 5.41) is 5.48. The Balaban J connectivity index is 1.95. The number of hydrogen-bond acceptors (Lipinski definition) is 5. The molecule has 0 heterocycles. The van der Waals surface area contributed by atoms with Gasteiger partial charge in [-0.25, -0.2) is 9.59 Å². The Bertz CT molecular complexity index is 875. The number of rotatable bonds is 8. The molecule has 0 bridgehead atoms. The van der Waals surface area contributed by atoms with E-state index < -0.39 is 5.97 Å². The van der Waals surface area contributed by atoms with Gasteiger partial charge in [0.2, 0.25) is 0 Å². The Hall–Kier alpha value is -3.35. The number of methoxy groups -OCH3 is 1. The molecule has 0 aliphatic rings. The smallest absolute Gasteiger partial charge is 0.338 e. The number of esters is 1. The maximum atomic E-state index is 12.3. The van der Waals surface area contributed by atoms with Crippen molar-refractivity contribution in [2.75, 3.05) is 7.11 Å². The predicted octanol–water partition coefficient (Wildman–Crippen LogP) is 3.46. The van der Waals surface area contributed by atoms with E-state index in [0.29, 0.717) is 29.0 Å². The maximum absolute atomic E-state index is 12.3. The van der Waals surface area contributed by atoms with Gasteiger partial charge in [-0.2, -0.15) is 0 Å². The van der Waals surface area contributed by atoms with Gasteiger partial charge < -0.3 is 20.1 Å².